The molecule has 0 saturated heterocycles. The van der Waals surface area contributed by atoms with Gasteiger partial charge in [0.05, 0.1) is 18.8 Å². The largest absolute Gasteiger partial charge is 0.370 e. The Morgan fingerprint density at radius 2 is 2.13 bits per heavy atom. The van der Waals surface area contributed by atoms with Crippen molar-refractivity contribution >= 4 is 5.91 Å². The standard InChI is InChI=1S/C18H21N3O2/c22-18(14-6-7-14)19-10-16-17-15(8-9-23-16)12-21(20-17)11-13-4-2-1-3-5-13/h1-5,12,14,16H,6-11H2,(H,19,22)/t16-/m0/s1. The van der Waals surface area contributed by atoms with E-state index in [1.54, 1.807) is 0 Å². The third kappa shape index (κ3) is 3.29. The summed E-state index contributed by atoms with van der Waals surface area (Å²) in [5.41, 5.74) is 3.44. The first-order valence-corrected chi connectivity index (χ1v) is 8.29. The van der Waals surface area contributed by atoms with Gasteiger partial charge in [-0.2, -0.15) is 5.10 Å². The number of benzene rings is 1. The third-order valence-corrected chi connectivity index (χ3v) is 4.46. The highest BCUT2D eigenvalue weighted by Gasteiger charge is 2.31. The zero-order valence-corrected chi connectivity index (χ0v) is 13.1. The summed E-state index contributed by atoms with van der Waals surface area (Å²) in [4.78, 5) is 11.8. The maximum Gasteiger partial charge on any atom is 0.223 e. The predicted molar refractivity (Wildman–Crippen MR) is 85.9 cm³/mol. The van der Waals surface area contributed by atoms with Crippen molar-refractivity contribution in [3.8, 4) is 0 Å². The number of aromatic nitrogens is 2. The molecular weight excluding hydrogens is 290 g/mol. The molecule has 4 rings (SSSR count). The number of nitrogens with zero attached hydrogens (tertiary/aromatic N) is 2. The molecule has 0 unspecified atom stereocenters. The van der Waals surface area contributed by atoms with Gasteiger partial charge in [-0.25, -0.2) is 0 Å². The second-order valence-electron chi connectivity index (χ2n) is 6.35. The van der Waals surface area contributed by atoms with Crippen molar-refractivity contribution in [3.05, 3.63) is 53.3 Å². The van der Waals surface area contributed by atoms with Gasteiger partial charge in [0, 0.05) is 18.7 Å². The number of carbonyl (C=O) groups excluding carboxylic acids is 1. The Hall–Kier alpha value is -2.14. The highest BCUT2D eigenvalue weighted by Crippen LogP contribution is 2.30. The minimum Gasteiger partial charge on any atom is -0.370 e. The second kappa shape index (κ2) is 6.16. The molecule has 1 saturated carbocycles. The first kappa shape index (κ1) is 14.5. The van der Waals surface area contributed by atoms with Crippen molar-refractivity contribution in [2.45, 2.75) is 31.9 Å². The molecule has 2 aromatic rings. The lowest BCUT2D eigenvalue weighted by molar-refractivity contribution is -0.123. The lowest BCUT2D eigenvalue weighted by atomic mass is 10.1. The summed E-state index contributed by atoms with van der Waals surface area (Å²) in [5, 5.41) is 7.71. The van der Waals surface area contributed by atoms with Crippen molar-refractivity contribution in [1.29, 1.82) is 0 Å². The number of rotatable bonds is 5. The number of carbonyl (C=O) groups is 1. The molecule has 2 heterocycles. The number of amides is 1. The minimum absolute atomic E-state index is 0.126. The Morgan fingerprint density at radius 3 is 2.91 bits per heavy atom. The van der Waals surface area contributed by atoms with Gasteiger partial charge in [0.15, 0.2) is 0 Å². The summed E-state index contributed by atoms with van der Waals surface area (Å²) in [6.07, 6.45) is 4.92. The Morgan fingerprint density at radius 1 is 1.30 bits per heavy atom. The van der Waals surface area contributed by atoms with Gasteiger partial charge in [-0.3, -0.25) is 9.48 Å². The van der Waals surface area contributed by atoms with Crippen LogP contribution < -0.4 is 5.32 Å². The molecule has 1 aromatic carbocycles. The van der Waals surface area contributed by atoms with E-state index in [0.717, 1.165) is 31.5 Å². The maximum atomic E-state index is 11.8. The second-order valence-corrected chi connectivity index (χ2v) is 6.35. The lowest BCUT2D eigenvalue weighted by Gasteiger charge is -2.22. The molecule has 0 radical (unpaired) electrons. The first-order valence-electron chi connectivity index (χ1n) is 8.29. The fourth-order valence-electron chi connectivity index (χ4n) is 3.02. The van der Waals surface area contributed by atoms with Gasteiger partial charge in [-0.1, -0.05) is 30.3 Å². The van der Waals surface area contributed by atoms with Crippen LogP contribution in [-0.2, 0) is 22.5 Å². The normalized spacial score (nSPS) is 20.1. The summed E-state index contributed by atoms with van der Waals surface area (Å²) in [5.74, 6) is 0.387. The Kier molecular flexibility index (Phi) is 3.87. The van der Waals surface area contributed by atoms with Crippen LogP contribution in [0.2, 0.25) is 0 Å². The summed E-state index contributed by atoms with van der Waals surface area (Å²) in [7, 11) is 0. The van der Waals surface area contributed by atoms with Gasteiger partial charge in [0.1, 0.15) is 6.10 Å². The van der Waals surface area contributed by atoms with Crippen LogP contribution in [0.15, 0.2) is 36.5 Å². The predicted octanol–water partition coefficient (Wildman–Crippen LogP) is 2.07. The van der Waals surface area contributed by atoms with E-state index in [2.05, 4.69) is 23.6 Å². The highest BCUT2D eigenvalue weighted by atomic mass is 16.5. The fourth-order valence-corrected chi connectivity index (χ4v) is 3.02. The number of hydrogen-bond donors (Lipinski definition) is 1. The first-order chi connectivity index (χ1) is 11.3. The van der Waals surface area contributed by atoms with Gasteiger partial charge in [-0.05, 0) is 30.4 Å². The molecule has 0 bridgehead atoms. The number of hydrogen-bond acceptors (Lipinski definition) is 3. The lowest BCUT2D eigenvalue weighted by Crippen LogP contribution is -2.32. The number of fused-ring (bicyclic) bond motifs is 1. The van der Waals surface area contributed by atoms with E-state index in [4.69, 9.17) is 9.84 Å². The van der Waals surface area contributed by atoms with E-state index in [9.17, 15) is 4.79 Å². The van der Waals surface area contributed by atoms with Crippen molar-refractivity contribution in [3.63, 3.8) is 0 Å². The molecule has 1 N–H and O–H groups in total. The van der Waals surface area contributed by atoms with Gasteiger partial charge < -0.3 is 10.1 Å². The molecule has 1 aliphatic heterocycles. The molecule has 0 spiro atoms. The van der Waals surface area contributed by atoms with E-state index >= 15 is 0 Å². The van der Waals surface area contributed by atoms with E-state index in [1.807, 2.05) is 22.9 Å². The maximum absolute atomic E-state index is 11.8. The van der Waals surface area contributed by atoms with Crippen LogP contribution in [0.25, 0.3) is 0 Å². The molecule has 1 aliphatic carbocycles. The summed E-state index contributed by atoms with van der Waals surface area (Å²) >= 11 is 0. The summed E-state index contributed by atoms with van der Waals surface area (Å²) in [6.45, 7) is 1.97. The molecule has 1 atom stereocenters. The van der Waals surface area contributed by atoms with Crippen LogP contribution >= 0.6 is 0 Å². The Balaban J connectivity index is 1.45. The van der Waals surface area contributed by atoms with Crippen LogP contribution in [-0.4, -0.2) is 28.8 Å². The van der Waals surface area contributed by atoms with E-state index in [-0.39, 0.29) is 17.9 Å². The van der Waals surface area contributed by atoms with Crippen molar-refractivity contribution in [2.24, 2.45) is 5.92 Å². The molecule has 5 heteroatoms. The molecule has 2 aliphatic rings. The smallest absolute Gasteiger partial charge is 0.223 e. The van der Waals surface area contributed by atoms with Crippen molar-refractivity contribution in [2.75, 3.05) is 13.2 Å². The van der Waals surface area contributed by atoms with E-state index in [0.29, 0.717) is 13.2 Å². The fraction of sp³-hybridized carbons (Fsp3) is 0.444. The molecular formula is C18H21N3O2. The van der Waals surface area contributed by atoms with Gasteiger partial charge in [-0.15, -0.1) is 0 Å². The number of nitrogens with one attached hydrogen (secondary N) is 1. The summed E-state index contributed by atoms with van der Waals surface area (Å²) in [6, 6.07) is 10.3. The van der Waals surface area contributed by atoms with Gasteiger partial charge in [0.2, 0.25) is 5.91 Å². The van der Waals surface area contributed by atoms with Gasteiger partial charge >= 0.3 is 0 Å². The Labute approximate surface area is 135 Å². The van der Waals surface area contributed by atoms with Crippen molar-refractivity contribution in [1.82, 2.24) is 15.1 Å². The van der Waals surface area contributed by atoms with Crippen LogP contribution in [0.5, 0.6) is 0 Å². The number of ether oxygens (including phenoxy) is 1. The SMILES string of the molecule is O=C(NC[C@@H]1OCCc2cn(Cc3ccccc3)nc21)C1CC1. The molecule has 1 fully saturated rings. The van der Waals surface area contributed by atoms with E-state index < -0.39 is 0 Å². The molecule has 1 aromatic heterocycles. The quantitative estimate of drug-likeness (QED) is 0.920. The molecule has 5 nitrogen and oxygen atoms in total. The minimum atomic E-state index is -0.126. The monoisotopic (exact) mass is 311 g/mol. The zero-order chi connectivity index (χ0) is 15.6. The van der Waals surface area contributed by atoms with Gasteiger partial charge in [0.25, 0.3) is 0 Å². The summed E-state index contributed by atoms with van der Waals surface area (Å²) < 4.78 is 7.80. The topological polar surface area (TPSA) is 56.1 Å². The van der Waals surface area contributed by atoms with Crippen LogP contribution in [0.3, 0.4) is 0 Å². The zero-order valence-electron chi connectivity index (χ0n) is 13.1. The Bertz CT molecular complexity index is 692. The third-order valence-electron chi connectivity index (χ3n) is 4.46. The highest BCUT2D eigenvalue weighted by molar-refractivity contribution is 5.80. The molecule has 120 valence electrons. The van der Waals surface area contributed by atoms with Crippen LogP contribution in [0.1, 0.15) is 35.8 Å². The average Bonchev–Trinajstić information content (AvgIpc) is 3.34. The van der Waals surface area contributed by atoms with Crippen molar-refractivity contribution < 1.29 is 9.53 Å². The molecule has 23 heavy (non-hydrogen) atoms. The van der Waals surface area contributed by atoms with E-state index in [1.165, 1.54) is 11.1 Å². The van der Waals surface area contributed by atoms with Crippen LogP contribution in [0, 0.1) is 5.92 Å². The average molecular weight is 311 g/mol. The van der Waals surface area contributed by atoms with Crippen LogP contribution in [0.4, 0.5) is 0 Å². The molecule has 1 amide bonds.